The van der Waals surface area contributed by atoms with Gasteiger partial charge in [0.2, 0.25) is 0 Å². The van der Waals surface area contributed by atoms with Crippen molar-refractivity contribution in [1.82, 2.24) is 10.6 Å². The fourth-order valence-corrected chi connectivity index (χ4v) is 3.68. The van der Waals surface area contributed by atoms with Crippen molar-refractivity contribution in [2.75, 3.05) is 0 Å². The fourth-order valence-electron chi connectivity index (χ4n) is 3.24. The van der Waals surface area contributed by atoms with E-state index in [0.717, 1.165) is 17.5 Å². The minimum absolute atomic E-state index is 0.0482. The van der Waals surface area contributed by atoms with Gasteiger partial charge in [-0.3, -0.25) is 0 Å². The molecule has 2 unspecified atom stereocenters. The monoisotopic (exact) mass is 270 g/mol. The van der Waals surface area contributed by atoms with Crippen molar-refractivity contribution in [2.24, 2.45) is 11.3 Å². The van der Waals surface area contributed by atoms with Crippen LogP contribution in [0.2, 0.25) is 0 Å². The van der Waals surface area contributed by atoms with E-state index in [9.17, 15) is 0 Å². The SMILES string of the molecule is CC1CCC(NC(=S)NC(C)(C)CC(C)(C)C)C1. The van der Waals surface area contributed by atoms with Gasteiger partial charge >= 0.3 is 0 Å². The predicted octanol–water partition coefficient (Wildman–Crippen LogP) is 3.85. The summed E-state index contributed by atoms with van der Waals surface area (Å²) in [6.45, 7) is 13.6. The zero-order valence-corrected chi connectivity index (χ0v) is 13.7. The molecule has 0 saturated heterocycles. The molecule has 0 bridgehead atoms. The lowest BCUT2D eigenvalue weighted by atomic mass is 9.82. The van der Waals surface area contributed by atoms with Gasteiger partial charge < -0.3 is 10.6 Å². The Morgan fingerprint density at radius 1 is 1.17 bits per heavy atom. The van der Waals surface area contributed by atoms with Crippen LogP contribution in [-0.2, 0) is 0 Å². The van der Waals surface area contributed by atoms with Crippen LogP contribution in [0.4, 0.5) is 0 Å². The molecule has 0 aromatic carbocycles. The van der Waals surface area contributed by atoms with E-state index in [4.69, 9.17) is 12.2 Å². The topological polar surface area (TPSA) is 24.1 Å². The lowest BCUT2D eigenvalue weighted by Crippen LogP contribution is -2.51. The van der Waals surface area contributed by atoms with Crippen molar-refractivity contribution >= 4 is 17.3 Å². The Kier molecular flexibility index (Phi) is 5.05. The van der Waals surface area contributed by atoms with Crippen LogP contribution in [0.15, 0.2) is 0 Å². The Balaban J connectivity index is 2.39. The lowest BCUT2D eigenvalue weighted by Gasteiger charge is -2.34. The van der Waals surface area contributed by atoms with Crippen molar-refractivity contribution < 1.29 is 0 Å². The molecule has 0 aromatic rings. The van der Waals surface area contributed by atoms with Gasteiger partial charge in [-0.15, -0.1) is 0 Å². The van der Waals surface area contributed by atoms with Crippen LogP contribution < -0.4 is 10.6 Å². The molecule has 2 nitrogen and oxygen atoms in total. The quantitative estimate of drug-likeness (QED) is 0.762. The summed E-state index contributed by atoms with van der Waals surface area (Å²) in [5, 5.41) is 7.77. The summed E-state index contributed by atoms with van der Waals surface area (Å²) >= 11 is 5.44. The number of thiocarbonyl (C=S) groups is 1. The molecule has 0 aromatic heterocycles. The van der Waals surface area contributed by atoms with E-state index in [-0.39, 0.29) is 5.54 Å². The molecule has 18 heavy (non-hydrogen) atoms. The van der Waals surface area contributed by atoms with Gasteiger partial charge in [0.1, 0.15) is 0 Å². The molecule has 1 aliphatic rings. The second kappa shape index (κ2) is 5.77. The van der Waals surface area contributed by atoms with E-state index in [1.807, 2.05) is 0 Å². The molecule has 1 aliphatic carbocycles. The van der Waals surface area contributed by atoms with Gasteiger partial charge in [0.25, 0.3) is 0 Å². The van der Waals surface area contributed by atoms with Crippen molar-refractivity contribution in [3.63, 3.8) is 0 Å². The van der Waals surface area contributed by atoms with Crippen molar-refractivity contribution in [3.05, 3.63) is 0 Å². The molecule has 0 radical (unpaired) electrons. The van der Waals surface area contributed by atoms with Crippen molar-refractivity contribution in [3.8, 4) is 0 Å². The third-order valence-electron chi connectivity index (χ3n) is 3.45. The van der Waals surface area contributed by atoms with E-state index in [0.29, 0.717) is 11.5 Å². The Morgan fingerprint density at radius 3 is 2.22 bits per heavy atom. The highest BCUT2D eigenvalue weighted by Gasteiger charge is 2.27. The number of nitrogens with one attached hydrogen (secondary N) is 2. The minimum Gasteiger partial charge on any atom is -0.360 e. The Labute approximate surface area is 118 Å². The van der Waals surface area contributed by atoms with Gasteiger partial charge in [0, 0.05) is 11.6 Å². The second-order valence-electron chi connectivity index (χ2n) is 7.83. The fraction of sp³-hybridized carbons (Fsp3) is 0.933. The summed E-state index contributed by atoms with van der Waals surface area (Å²) in [4.78, 5) is 0. The van der Waals surface area contributed by atoms with E-state index in [2.05, 4.69) is 52.2 Å². The maximum Gasteiger partial charge on any atom is 0.166 e. The number of hydrogen-bond donors (Lipinski definition) is 2. The average molecular weight is 270 g/mol. The standard InChI is InChI=1S/C15H30N2S/c1-11-7-8-12(9-11)16-13(18)17-15(5,6)10-14(2,3)4/h11-12H,7-10H2,1-6H3,(H2,16,17,18). The predicted molar refractivity (Wildman–Crippen MR) is 83.8 cm³/mol. The van der Waals surface area contributed by atoms with E-state index in [1.54, 1.807) is 0 Å². The van der Waals surface area contributed by atoms with Crippen LogP contribution >= 0.6 is 12.2 Å². The van der Waals surface area contributed by atoms with Crippen LogP contribution in [0, 0.1) is 11.3 Å². The largest absolute Gasteiger partial charge is 0.360 e. The van der Waals surface area contributed by atoms with Crippen molar-refractivity contribution in [1.29, 1.82) is 0 Å². The summed E-state index contributed by atoms with van der Waals surface area (Å²) in [5.74, 6) is 0.841. The molecule has 2 atom stereocenters. The van der Waals surface area contributed by atoms with Crippen LogP contribution in [0.5, 0.6) is 0 Å². The average Bonchev–Trinajstić information content (AvgIpc) is 2.44. The zero-order chi connectivity index (χ0) is 14.0. The summed E-state index contributed by atoms with van der Waals surface area (Å²) in [5.41, 5.74) is 0.362. The molecule has 0 spiro atoms. The molecule has 1 saturated carbocycles. The van der Waals surface area contributed by atoms with Gasteiger partial charge in [0.05, 0.1) is 0 Å². The lowest BCUT2D eigenvalue weighted by molar-refractivity contribution is 0.266. The van der Waals surface area contributed by atoms with Crippen LogP contribution in [0.25, 0.3) is 0 Å². The first-order chi connectivity index (χ1) is 8.07. The summed E-state index contributed by atoms with van der Waals surface area (Å²) in [6.07, 6.45) is 4.93. The zero-order valence-electron chi connectivity index (χ0n) is 12.9. The smallest absolute Gasteiger partial charge is 0.166 e. The summed E-state index contributed by atoms with van der Waals surface area (Å²) < 4.78 is 0. The third kappa shape index (κ3) is 6.03. The molecule has 1 rings (SSSR count). The number of hydrogen-bond acceptors (Lipinski definition) is 1. The Morgan fingerprint density at radius 2 is 1.78 bits per heavy atom. The Hall–Kier alpha value is -0.310. The second-order valence-corrected chi connectivity index (χ2v) is 8.24. The molecular formula is C15H30N2S. The minimum atomic E-state index is 0.0482. The molecular weight excluding hydrogens is 240 g/mol. The van der Waals surface area contributed by atoms with Crippen LogP contribution in [0.3, 0.4) is 0 Å². The summed E-state index contributed by atoms with van der Waals surface area (Å²) in [7, 11) is 0. The molecule has 1 fully saturated rings. The van der Waals surface area contributed by atoms with Gasteiger partial charge in [-0.2, -0.15) is 0 Å². The first-order valence-corrected chi connectivity index (χ1v) is 7.57. The highest BCUT2D eigenvalue weighted by molar-refractivity contribution is 7.80. The highest BCUT2D eigenvalue weighted by atomic mass is 32.1. The maximum atomic E-state index is 5.44. The van der Waals surface area contributed by atoms with Gasteiger partial charge in [0.15, 0.2) is 5.11 Å². The van der Waals surface area contributed by atoms with E-state index >= 15 is 0 Å². The highest BCUT2D eigenvalue weighted by Crippen LogP contribution is 2.27. The first-order valence-electron chi connectivity index (χ1n) is 7.16. The van der Waals surface area contributed by atoms with Gasteiger partial charge in [-0.25, -0.2) is 0 Å². The maximum absolute atomic E-state index is 5.44. The van der Waals surface area contributed by atoms with Crippen LogP contribution in [-0.4, -0.2) is 16.7 Å². The first kappa shape index (κ1) is 15.7. The molecule has 0 aliphatic heterocycles. The Bertz CT molecular complexity index is 291. The molecule has 0 amide bonds. The van der Waals surface area contributed by atoms with Gasteiger partial charge in [-0.1, -0.05) is 27.7 Å². The summed E-state index contributed by atoms with van der Waals surface area (Å²) in [6, 6.07) is 0.574. The third-order valence-corrected chi connectivity index (χ3v) is 3.67. The van der Waals surface area contributed by atoms with Crippen LogP contribution in [0.1, 0.15) is 67.2 Å². The normalized spacial score (nSPS) is 25.0. The molecule has 3 heteroatoms. The number of rotatable bonds is 3. The molecule has 106 valence electrons. The van der Waals surface area contributed by atoms with Crippen molar-refractivity contribution in [2.45, 2.75) is 78.8 Å². The van der Waals surface area contributed by atoms with E-state index in [1.165, 1.54) is 19.3 Å². The molecule has 0 heterocycles. The van der Waals surface area contributed by atoms with Gasteiger partial charge in [-0.05, 0) is 63.1 Å². The van der Waals surface area contributed by atoms with E-state index < -0.39 is 0 Å². The molecule has 2 N–H and O–H groups in total.